The van der Waals surface area contributed by atoms with E-state index in [-0.39, 0.29) is 11.5 Å². The van der Waals surface area contributed by atoms with Gasteiger partial charge in [0.2, 0.25) is 6.33 Å². The van der Waals surface area contributed by atoms with Gasteiger partial charge < -0.3 is 22.0 Å². The molecule has 0 unspecified atom stereocenters. The monoisotopic (exact) mass is 324 g/mol. The lowest BCUT2D eigenvalue weighted by molar-refractivity contribution is -0.696. The third-order valence-electron chi connectivity index (χ3n) is 2.53. The zero-order chi connectivity index (χ0) is 17.2. The number of ether oxygens (including phenoxy) is 1. The number of hydrogen-bond acceptors (Lipinski definition) is 2. The van der Waals surface area contributed by atoms with Gasteiger partial charge in [0.05, 0.1) is 6.54 Å². The molecule has 0 N–H and O–H groups in total. The van der Waals surface area contributed by atoms with Crippen LogP contribution in [0.1, 0.15) is 26.7 Å². The Kier molecular flexibility index (Phi) is 9.20. The first-order chi connectivity index (χ1) is 10.1. The predicted octanol–water partition coefficient (Wildman–Crippen LogP) is 3.00. The third kappa shape index (κ3) is 12.0. The number of nitrogens with zero attached hydrogens (tertiary/aromatic N) is 2. The van der Waals surface area contributed by atoms with E-state index in [0.29, 0.717) is 6.61 Å². The van der Waals surface area contributed by atoms with E-state index in [1.165, 1.54) is 19.8 Å². The van der Waals surface area contributed by atoms with Crippen molar-refractivity contribution in [3.8, 4) is 0 Å². The lowest BCUT2D eigenvalue weighted by Gasteiger charge is -2.03. The fourth-order valence-electron chi connectivity index (χ4n) is 1.42. The quantitative estimate of drug-likeness (QED) is 0.242. The Morgan fingerprint density at radius 3 is 2.45 bits per heavy atom. The van der Waals surface area contributed by atoms with Crippen LogP contribution >= 0.6 is 0 Å². The average Bonchev–Trinajstić information content (AvgIpc) is 2.82. The number of Topliss-reactive ketones (excluding diaryl/α,β-unsaturated/α-hetero) is 1. The van der Waals surface area contributed by atoms with Crippen LogP contribution in [0.3, 0.4) is 0 Å². The molecule has 1 aromatic heterocycles. The predicted molar refractivity (Wildman–Crippen MR) is 75.5 cm³/mol. The van der Waals surface area contributed by atoms with Gasteiger partial charge in [0.15, 0.2) is 11.5 Å². The summed E-state index contributed by atoms with van der Waals surface area (Å²) in [7, 11) is -6.00. The van der Waals surface area contributed by atoms with Gasteiger partial charge in [-0.2, -0.15) is 0 Å². The summed E-state index contributed by atoms with van der Waals surface area (Å²) in [5.74, 6) is 0.117. The van der Waals surface area contributed by atoms with Gasteiger partial charge in [0, 0.05) is 6.92 Å². The molecule has 1 rings (SSSR count). The van der Waals surface area contributed by atoms with Crippen LogP contribution in [0.15, 0.2) is 31.1 Å². The molecule has 0 aliphatic heterocycles. The largest absolute Gasteiger partial charge is 0.673 e. The molecule has 0 aliphatic carbocycles. The molecular formula is C13H21BF4N2O2. The van der Waals surface area contributed by atoms with Crippen molar-refractivity contribution in [2.24, 2.45) is 0 Å². The smallest absolute Gasteiger partial charge is 0.486 e. The molecule has 0 fully saturated rings. The second-order valence-electron chi connectivity index (χ2n) is 4.57. The van der Waals surface area contributed by atoms with Crippen LogP contribution in [0.2, 0.25) is 0 Å². The number of hydrogen-bond donors (Lipinski definition) is 0. The minimum atomic E-state index is -6.00. The van der Waals surface area contributed by atoms with Gasteiger partial charge in [0.1, 0.15) is 25.5 Å². The average molecular weight is 324 g/mol. The number of carbonyl (C=O) groups excluding carboxylic acids is 1. The number of halogens is 4. The minimum absolute atomic E-state index is 0.115. The molecule has 0 atom stereocenters. The molecule has 9 heteroatoms. The lowest BCUT2D eigenvalue weighted by Crippen LogP contribution is -2.30. The van der Waals surface area contributed by atoms with Crippen molar-refractivity contribution in [2.45, 2.75) is 39.8 Å². The van der Waals surface area contributed by atoms with Crippen molar-refractivity contribution in [1.29, 1.82) is 0 Å². The number of carbonyl (C=O) groups is 1. The summed E-state index contributed by atoms with van der Waals surface area (Å²) in [4.78, 5) is 10.9. The normalized spacial score (nSPS) is 10.6. The van der Waals surface area contributed by atoms with E-state index < -0.39 is 7.25 Å². The summed E-state index contributed by atoms with van der Waals surface area (Å²) in [6.45, 7) is 9.43. The maximum atomic E-state index is 10.9. The Balaban J connectivity index is 0.000000763. The zero-order valence-corrected chi connectivity index (χ0v) is 12.8. The molecule has 1 heterocycles. The van der Waals surface area contributed by atoms with Gasteiger partial charge in [-0.1, -0.05) is 19.9 Å². The Hall–Kier alpha value is -1.80. The molecule has 126 valence electrons. The Labute approximate surface area is 127 Å². The van der Waals surface area contributed by atoms with E-state index in [1.54, 1.807) is 0 Å². The highest BCUT2D eigenvalue weighted by atomic mass is 19.5. The van der Waals surface area contributed by atoms with Crippen LogP contribution in [0.4, 0.5) is 17.3 Å². The number of ketones is 1. The van der Waals surface area contributed by atoms with E-state index in [4.69, 9.17) is 4.74 Å². The molecule has 0 aromatic carbocycles. The summed E-state index contributed by atoms with van der Waals surface area (Å²) in [5, 5.41) is 0. The Morgan fingerprint density at radius 2 is 1.95 bits per heavy atom. The summed E-state index contributed by atoms with van der Waals surface area (Å²) < 4.78 is 48.4. The van der Waals surface area contributed by atoms with Crippen molar-refractivity contribution in [1.82, 2.24) is 4.57 Å². The van der Waals surface area contributed by atoms with Gasteiger partial charge >= 0.3 is 7.25 Å². The summed E-state index contributed by atoms with van der Waals surface area (Å²) >= 11 is 0. The molecule has 0 amide bonds. The maximum Gasteiger partial charge on any atom is 0.673 e. The topological polar surface area (TPSA) is 35.1 Å². The first-order valence-corrected chi connectivity index (χ1v) is 6.88. The van der Waals surface area contributed by atoms with E-state index in [2.05, 4.69) is 30.6 Å². The van der Waals surface area contributed by atoms with E-state index >= 15 is 0 Å². The fraction of sp³-hybridized carbons (Fsp3) is 0.538. The second kappa shape index (κ2) is 10.0. The SMILES string of the molecule is C=C(OCCn1cc[n+](CCCC)c1)C(C)=O.F[B-](F)(F)F. The molecular weight excluding hydrogens is 303 g/mol. The molecule has 0 saturated carbocycles. The van der Waals surface area contributed by atoms with Crippen LogP contribution in [-0.2, 0) is 22.6 Å². The Bertz CT molecular complexity index is 469. The van der Waals surface area contributed by atoms with Crippen molar-refractivity contribution in [3.05, 3.63) is 31.1 Å². The minimum Gasteiger partial charge on any atom is -0.486 e. The summed E-state index contributed by atoms with van der Waals surface area (Å²) in [6.07, 6.45) is 8.49. The number of rotatable bonds is 8. The molecule has 0 bridgehead atoms. The Morgan fingerprint density at radius 1 is 1.36 bits per heavy atom. The van der Waals surface area contributed by atoms with Crippen molar-refractivity contribution in [3.63, 3.8) is 0 Å². The van der Waals surface area contributed by atoms with Crippen LogP contribution in [0.25, 0.3) is 0 Å². The van der Waals surface area contributed by atoms with Crippen LogP contribution in [0, 0.1) is 0 Å². The van der Waals surface area contributed by atoms with Crippen molar-refractivity contribution < 1.29 is 31.4 Å². The first kappa shape index (κ1) is 20.2. The van der Waals surface area contributed by atoms with E-state index in [9.17, 15) is 22.1 Å². The highest BCUT2D eigenvalue weighted by Crippen LogP contribution is 2.06. The molecule has 1 aromatic rings. The number of imidazole rings is 1. The molecule has 22 heavy (non-hydrogen) atoms. The van der Waals surface area contributed by atoms with Gasteiger partial charge in [-0.15, -0.1) is 0 Å². The first-order valence-electron chi connectivity index (χ1n) is 6.88. The van der Waals surface area contributed by atoms with Crippen molar-refractivity contribution in [2.75, 3.05) is 6.61 Å². The van der Waals surface area contributed by atoms with Gasteiger partial charge in [-0.05, 0) is 6.42 Å². The number of aromatic nitrogens is 2. The lowest BCUT2D eigenvalue weighted by atomic mass is 10.3. The molecule has 0 aliphatic rings. The van der Waals surface area contributed by atoms with E-state index in [1.807, 2.05) is 10.8 Å². The van der Waals surface area contributed by atoms with Gasteiger partial charge in [-0.3, -0.25) is 4.79 Å². The van der Waals surface area contributed by atoms with Gasteiger partial charge in [-0.25, -0.2) is 9.13 Å². The summed E-state index contributed by atoms with van der Waals surface area (Å²) in [6, 6.07) is 0. The second-order valence-corrected chi connectivity index (χ2v) is 4.57. The van der Waals surface area contributed by atoms with Crippen LogP contribution < -0.4 is 4.57 Å². The molecule has 0 spiro atoms. The standard InChI is InChI=1S/C13H21N2O2.BF4/c1-4-5-6-14-7-8-15(11-14)9-10-17-13(3)12(2)16;2-1(3,4)5/h7-8,11H,3-6,9-10H2,1-2H3;/q+1;-1. The number of unbranched alkanes of at least 4 members (excludes halogenated alkanes) is 1. The molecule has 0 saturated heterocycles. The van der Waals surface area contributed by atoms with Crippen LogP contribution in [0.5, 0.6) is 0 Å². The van der Waals surface area contributed by atoms with Crippen molar-refractivity contribution >= 4 is 13.0 Å². The highest BCUT2D eigenvalue weighted by Gasteiger charge is 2.20. The fourth-order valence-corrected chi connectivity index (χ4v) is 1.42. The molecule has 0 radical (unpaired) electrons. The summed E-state index contributed by atoms with van der Waals surface area (Å²) in [5.41, 5.74) is 0. The molecule has 4 nitrogen and oxygen atoms in total. The zero-order valence-electron chi connectivity index (χ0n) is 12.8. The van der Waals surface area contributed by atoms with E-state index in [0.717, 1.165) is 13.1 Å². The highest BCUT2D eigenvalue weighted by molar-refractivity contribution is 6.50. The maximum absolute atomic E-state index is 10.9. The number of aryl methyl sites for hydroxylation is 1. The van der Waals surface area contributed by atoms with Gasteiger partial charge in [0.25, 0.3) is 0 Å². The third-order valence-corrected chi connectivity index (χ3v) is 2.53. The number of allylic oxidation sites excluding steroid dienone is 1. The van der Waals surface area contributed by atoms with Crippen LogP contribution in [-0.4, -0.2) is 24.2 Å².